The number of likely N-dealkylation sites (N-methyl/N-ethyl adjacent to an activating group) is 1. The monoisotopic (exact) mass is 305 g/mol. The van der Waals surface area contributed by atoms with Gasteiger partial charge in [-0.15, -0.1) is 0 Å². The van der Waals surface area contributed by atoms with E-state index in [9.17, 15) is 13.2 Å². The molecule has 0 saturated carbocycles. The molecule has 3 nitrogen and oxygen atoms in total. The van der Waals surface area contributed by atoms with Crippen LogP contribution in [-0.2, 0) is 22.1 Å². The van der Waals surface area contributed by atoms with Gasteiger partial charge in [0.1, 0.15) is 0 Å². The Morgan fingerprint density at radius 3 is 2.29 bits per heavy atom. The summed E-state index contributed by atoms with van der Waals surface area (Å²) in [6.07, 6.45) is -2.82. The molecule has 0 aliphatic rings. The number of benzene rings is 1. The van der Waals surface area contributed by atoms with E-state index in [1.807, 2.05) is 7.05 Å². The van der Waals surface area contributed by atoms with Crippen LogP contribution in [-0.4, -0.2) is 40.0 Å². The zero-order chi connectivity index (χ0) is 15.7. The van der Waals surface area contributed by atoms with Gasteiger partial charge in [-0.2, -0.15) is 13.2 Å². The molecular weight excluding hydrogens is 283 g/mol. The molecule has 0 aromatic heterocycles. The molecule has 6 heteroatoms. The van der Waals surface area contributed by atoms with Gasteiger partial charge in [0.25, 0.3) is 0 Å². The maximum Gasteiger partial charge on any atom is 0.416 e. The van der Waals surface area contributed by atoms with Crippen LogP contribution >= 0.6 is 0 Å². The van der Waals surface area contributed by atoms with E-state index in [0.29, 0.717) is 26.2 Å². The Hall–Kier alpha value is -1.11. The van der Waals surface area contributed by atoms with Crippen molar-refractivity contribution in [3.05, 3.63) is 35.4 Å². The van der Waals surface area contributed by atoms with Gasteiger partial charge in [-0.1, -0.05) is 12.1 Å². The first-order chi connectivity index (χ1) is 9.97. The first-order valence-electron chi connectivity index (χ1n) is 6.87. The van der Waals surface area contributed by atoms with Crippen molar-refractivity contribution in [1.29, 1.82) is 0 Å². The number of alkyl halides is 3. The number of halogens is 3. The maximum atomic E-state index is 12.5. The molecule has 0 heterocycles. The van der Waals surface area contributed by atoms with Crippen molar-refractivity contribution in [3.8, 4) is 0 Å². The first-order valence-corrected chi connectivity index (χ1v) is 6.87. The third-order valence-electron chi connectivity index (χ3n) is 3.21. The van der Waals surface area contributed by atoms with Crippen molar-refractivity contribution >= 4 is 0 Å². The average Bonchev–Trinajstić information content (AvgIpc) is 2.45. The van der Waals surface area contributed by atoms with Crippen LogP contribution in [0.2, 0.25) is 0 Å². The molecule has 0 radical (unpaired) electrons. The normalized spacial score (nSPS) is 13.4. The Labute approximate surface area is 123 Å². The molecule has 0 fully saturated rings. The molecule has 0 spiro atoms. The molecule has 1 atom stereocenters. The number of hydrogen-bond donors (Lipinski definition) is 1. The lowest BCUT2D eigenvalue weighted by atomic mass is 10.0. The second kappa shape index (κ2) is 9.02. The highest BCUT2D eigenvalue weighted by Crippen LogP contribution is 2.29. The van der Waals surface area contributed by atoms with E-state index in [2.05, 4.69) is 5.32 Å². The zero-order valence-corrected chi connectivity index (χ0v) is 12.4. The molecule has 0 aliphatic heterocycles. The van der Waals surface area contributed by atoms with Gasteiger partial charge in [-0.05, 0) is 37.6 Å². The molecule has 1 unspecified atom stereocenters. The highest BCUT2D eigenvalue weighted by Gasteiger charge is 2.29. The number of hydrogen-bond acceptors (Lipinski definition) is 3. The van der Waals surface area contributed by atoms with Crippen molar-refractivity contribution in [1.82, 2.24) is 5.32 Å². The van der Waals surface area contributed by atoms with Crippen molar-refractivity contribution in [3.63, 3.8) is 0 Å². The third kappa shape index (κ3) is 6.93. The first kappa shape index (κ1) is 17.9. The van der Waals surface area contributed by atoms with Crippen molar-refractivity contribution in [2.45, 2.75) is 25.1 Å². The molecule has 1 aromatic carbocycles. The minimum absolute atomic E-state index is 0.171. The van der Waals surface area contributed by atoms with E-state index < -0.39 is 11.7 Å². The highest BCUT2D eigenvalue weighted by atomic mass is 19.4. The van der Waals surface area contributed by atoms with Crippen LogP contribution in [0.5, 0.6) is 0 Å². The van der Waals surface area contributed by atoms with E-state index in [4.69, 9.17) is 9.47 Å². The number of ether oxygens (including phenoxy) is 2. The smallest absolute Gasteiger partial charge is 0.382 e. The molecule has 1 N–H and O–H groups in total. The van der Waals surface area contributed by atoms with Gasteiger partial charge >= 0.3 is 6.18 Å². The molecule has 1 rings (SSSR count). The zero-order valence-electron chi connectivity index (χ0n) is 12.4. The Morgan fingerprint density at radius 2 is 1.76 bits per heavy atom. The van der Waals surface area contributed by atoms with Crippen molar-refractivity contribution in [2.75, 3.05) is 34.0 Å². The summed E-state index contributed by atoms with van der Waals surface area (Å²) >= 11 is 0. The lowest BCUT2D eigenvalue weighted by molar-refractivity contribution is -0.137. The van der Waals surface area contributed by atoms with Gasteiger partial charge in [0.05, 0.1) is 18.8 Å². The summed E-state index contributed by atoms with van der Waals surface area (Å²) in [4.78, 5) is 0. The Bertz CT molecular complexity index is 393. The van der Waals surface area contributed by atoms with Gasteiger partial charge in [0, 0.05) is 19.8 Å². The van der Waals surface area contributed by atoms with Crippen molar-refractivity contribution < 1.29 is 22.6 Å². The predicted molar refractivity (Wildman–Crippen MR) is 75.3 cm³/mol. The topological polar surface area (TPSA) is 30.5 Å². The summed E-state index contributed by atoms with van der Waals surface area (Å²) < 4.78 is 47.7. The van der Waals surface area contributed by atoms with E-state index in [1.54, 1.807) is 7.11 Å². The number of rotatable bonds is 9. The van der Waals surface area contributed by atoms with Crippen LogP contribution in [0.25, 0.3) is 0 Å². The lowest BCUT2D eigenvalue weighted by Crippen LogP contribution is -2.29. The minimum atomic E-state index is -4.28. The Balaban J connectivity index is 2.42. The summed E-state index contributed by atoms with van der Waals surface area (Å²) in [5.41, 5.74) is 0.259. The predicted octanol–water partition coefficient (Wildman–Crippen LogP) is 2.89. The quantitative estimate of drug-likeness (QED) is 0.712. The SMILES string of the molecule is CNC(CCOCCOC)Cc1ccc(C(F)(F)F)cc1. The molecule has 0 bridgehead atoms. The van der Waals surface area contributed by atoms with Crippen LogP contribution in [0.15, 0.2) is 24.3 Å². The van der Waals surface area contributed by atoms with Crippen LogP contribution in [0.3, 0.4) is 0 Å². The van der Waals surface area contributed by atoms with E-state index in [-0.39, 0.29) is 6.04 Å². The van der Waals surface area contributed by atoms with Crippen LogP contribution in [0, 0.1) is 0 Å². The molecule has 0 amide bonds. The number of nitrogens with one attached hydrogen (secondary N) is 1. The fraction of sp³-hybridized carbons (Fsp3) is 0.600. The van der Waals surface area contributed by atoms with E-state index >= 15 is 0 Å². The van der Waals surface area contributed by atoms with Gasteiger partial charge in [0.15, 0.2) is 0 Å². The molecule has 0 aliphatic carbocycles. The largest absolute Gasteiger partial charge is 0.416 e. The standard InChI is InChI=1S/C15H22F3NO2/c1-19-14(7-8-21-10-9-20-2)11-12-3-5-13(6-4-12)15(16,17)18/h3-6,14,19H,7-11H2,1-2H3. The maximum absolute atomic E-state index is 12.5. The van der Waals surface area contributed by atoms with E-state index in [0.717, 1.165) is 24.1 Å². The molecule has 1 aromatic rings. The molecule has 0 saturated heterocycles. The summed E-state index contributed by atoms with van der Waals surface area (Å²) in [6, 6.07) is 5.47. The molecular formula is C15H22F3NO2. The van der Waals surface area contributed by atoms with Gasteiger partial charge in [-0.25, -0.2) is 0 Å². The molecule has 21 heavy (non-hydrogen) atoms. The summed E-state index contributed by atoms with van der Waals surface area (Å²) in [6.45, 7) is 1.70. The van der Waals surface area contributed by atoms with Crippen LogP contribution < -0.4 is 5.32 Å². The lowest BCUT2D eigenvalue weighted by Gasteiger charge is -2.17. The highest BCUT2D eigenvalue weighted by molar-refractivity contribution is 5.25. The Kier molecular flexibility index (Phi) is 7.71. The summed E-state index contributed by atoms with van der Waals surface area (Å²) in [5, 5.41) is 3.15. The minimum Gasteiger partial charge on any atom is -0.382 e. The second-order valence-electron chi connectivity index (χ2n) is 4.78. The van der Waals surface area contributed by atoms with E-state index in [1.165, 1.54) is 12.1 Å². The van der Waals surface area contributed by atoms with Gasteiger partial charge in [0.2, 0.25) is 0 Å². The average molecular weight is 305 g/mol. The van der Waals surface area contributed by atoms with Crippen LogP contribution in [0.1, 0.15) is 17.5 Å². The van der Waals surface area contributed by atoms with Gasteiger partial charge in [-0.3, -0.25) is 0 Å². The van der Waals surface area contributed by atoms with Gasteiger partial charge < -0.3 is 14.8 Å². The fourth-order valence-corrected chi connectivity index (χ4v) is 1.93. The Morgan fingerprint density at radius 1 is 1.10 bits per heavy atom. The van der Waals surface area contributed by atoms with Crippen LogP contribution in [0.4, 0.5) is 13.2 Å². The summed E-state index contributed by atoms with van der Waals surface area (Å²) in [5.74, 6) is 0. The second-order valence-corrected chi connectivity index (χ2v) is 4.78. The fourth-order valence-electron chi connectivity index (χ4n) is 1.93. The number of methoxy groups -OCH3 is 1. The molecule has 120 valence electrons. The summed E-state index contributed by atoms with van der Waals surface area (Å²) in [7, 11) is 3.45. The third-order valence-corrected chi connectivity index (χ3v) is 3.21. The van der Waals surface area contributed by atoms with Crippen molar-refractivity contribution in [2.24, 2.45) is 0 Å².